The van der Waals surface area contributed by atoms with E-state index < -0.39 is 0 Å². The van der Waals surface area contributed by atoms with Gasteiger partial charge in [-0.2, -0.15) is 0 Å². The van der Waals surface area contributed by atoms with Gasteiger partial charge in [-0.05, 0) is 5.87 Å². The van der Waals surface area contributed by atoms with Gasteiger partial charge in [0.15, 0.2) is 0 Å². The first-order valence-corrected chi connectivity index (χ1v) is 2.17. The monoisotopic (exact) mass is 107 g/mol. The summed E-state index contributed by atoms with van der Waals surface area (Å²) in [6, 6.07) is 0. The molecule has 1 aromatic rings. The molecule has 0 amide bonds. The second-order valence-electron chi connectivity index (χ2n) is 1.30. The molecule has 0 atom stereocenters. The van der Waals surface area contributed by atoms with Crippen molar-refractivity contribution in [2.24, 2.45) is 0 Å². The second kappa shape index (κ2) is 2.09. The highest BCUT2D eigenvalue weighted by Gasteiger charge is 1.80. The Morgan fingerprint density at radius 2 is 2.75 bits per heavy atom. The topological polar surface area (TPSA) is 52.5 Å². The summed E-state index contributed by atoms with van der Waals surface area (Å²) in [5.41, 5.74) is 0.806. The van der Waals surface area contributed by atoms with E-state index in [2.05, 4.69) is 15.8 Å². The maximum absolute atomic E-state index is 6.53. The van der Waals surface area contributed by atoms with Crippen LogP contribution in [0.2, 0.25) is 0 Å². The Balaban J connectivity index is 2.93. The van der Waals surface area contributed by atoms with Crippen molar-refractivity contribution in [2.75, 3.05) is 0 Å². The lowest BCUT2D eigenvalue weighted by atomic mass is 10.5. The van der Waals surface area contributed by atoms with Gasteiger partial charge >= 0.3 is 0 Å². The normalized spacial score (nSPS) is 8.00. The molecule has 0 aliphatic heterocycles. The summed E-state index contributed by atoms with van der Waals surface area (Å²) in [5.74, 6) is 2.12. The molecule has 0 aliphatic rings. The van der Waals surface area contributed by atoms with Gasteiger partial charge in [-0.25, -0.2) is 4.98 Å². The quantitative estimate of drug-likeness (QED) is 0.509. The van der Waals surface area contributed by atoms with E-state index in [0.717, 1.165) is 5.69 Å². The van der Waals surface area contributed by atoms with Crippen LogP contribution in [0.1, 0.15) is 5.69 Å². The number of hydrogen-bond acceptors (Lipinski definition) is 2. The molecule has 0 bridgehead atoms. The number of hydrogen-bond donors (Lipinski definition) is 2. The molecule has 3 nitrogen and oxygen atoms in total. The Kier molecular flexibility index (Phi) is 1.26. The highest BCUT2D eigenvalue weighted by Crippen LogP contribution is 1.88. The molecule has 1 rings (SSSR count). The minimum Gasteiger partial charge on any atom is -0.345 e. The molecule has 3 heteroatoms. The third kappa shape index (κ3) is 0.832. The Hall–Kier alpha value is -1.34. The number of aromatic amines is 1. The summed E-state index contributed by atoms with van der Waals surface area (Å²) in [6.07, 6.45) is 4.69. The van der Waals surface area contributed by atoms with E-state index in [1.54, 1.807) is 12.5 Å². The number of nitrogens with zero attached hydrogens (tertiary/aromatic N) is 1. The van der Waals surface area contributed by atoms with Gasteiger partial charge in [0.1, 0.15) is 0 Å². The fourth-order valence-corrected chi connectivity index (χ4v) is 0.423. The molecule has 1 heterocycles. The molecule has 0 fully saturated rings. The summed E-state index contributed by atoms with van der Waals surface area (Å²) in [6.45, 7) is 0. The zero-order valence-corrected chi connectivity index (χ0v) is 4.18. The van der Waals surface area contributed by atoms with Crippen LogP contribution in [0, 0.1) is 5.41 Å². The number of rotatable bonds is 1. The Morgan fingerprint density at radius 3 is 3.25 bits per heavy atom. The zero-order valence-electron chi connectivity index (χ0n) is 4.18. The van der Waals surface area contributed by atoms with Gasteiger partial charge in [0, 0.05) is 6.08 Å². The van der Waals surface area contributed by atoms with Crippen LogP contribution >= 0.6 is 0 Å². The number of H-pyrrole nitrogens is 1. The Morgan fingerprint density at radius 1 is 1.88 bits per heavy atom. The van der Waals surface area contributed by atoms with Crippen molar-refractivity contribution in [2.45, 2.75) is 0 Å². The highest BCUT2D eigenvalue weighted by atomic mass is 14.8. The van der Waals surface area contributed by atoms with E-state index in [1.807, 2.05) is 0 Å². The molecule has 0 aromatic carbocycles. The van der Waals surface area contributed by atoms with Crippen molar-refractivity contribution in [3.8, 4) is 0 Å². The smallest absolute Gasteiger partial charge is 0.0924 e. The first-order chi connectivity index (χ1) is 3.93. The maximum Gasteiger partial charge on any atom is 0.0924 e. The third-order valence-corrected chi connectivity index (χ3v) is 0.747. The van der Waals surface area contributed by atoms with E-state index >= 15 is 0 Å². The molecule has 0 spiro atoms. The minimum absolute atomic E-state index is 0.806. The van der Waals surface area contributed by atoms with Crippen LogP contribution in [-0.2, 0) is 0 Å². The molecule has 0 unspecified atom stereocenters. The Bertz CT molecular complexity index is 193. The van der Waals surface area contributed by atoms with E-state index in [-0.39, 0.29) is 0 Å². The van der Waals surface area contributed by atoms with Crippen LogP contribution in [0.3, 0.4) is 0 Å². The zero-order chi connectivity index (χ0) is 5.82. The first kappa shape index (κ1) is 4.81. The van der Waals surface area contributed by atoms with Crippen LogP contribution in [0.5, 0.6) is 0 Å². The predicted molar refractivity (Wildman–Crippen MR) is 30.8 cm³/mol. The number of nitrogens with one attached hydrogen (secondary N) is 2. The van der Waals surface area contributed by atoms with Crippen LogP contribution < -0.4 is 0 Å². The second-order valence-corrected chi connectivity index (χ2v) is 1.30. The van der Waals surface area contributed by atoms with Gasteiger partial charge < -0.3 is 4.98 Å². The molecule has 0 saturated carbocycles. The summed E-state index contributed by atoms with van der Waals surface area (Å²) >= 11 is 0. The standard InChI is InChI=1S/C5H5N3/c6-2-1-5-3-7-4-8-5/h1,3-4,6H,(H,7,8). The van der Waals surface area contributed by atoms with Crippen LogP contribution in [0.25, 0.3) is 6.08 Å². The van der Waals surface area contributed by atoms with Crippen molar-refractivity contribution in [3.63, 3.8) is 0 Å². The molecular weight excluding hydrogens is 102 g/mol. The Labute approximate surface area is 46.6 Å². The average Bonchev–Trinajstić information content (AvgIpc) is 2.19. The van der Waals surface area contributed by atoms with Gasteiger partial charge in [0.2, 0.25) is 0 Å². The molecular formula is C5H5N3. The lowest BCUT2D eigenvalue weighted by Gasteiger charge is -1.71. The SMILES string of the molecule is N=C=Cc1cnc[nH]1. The number of imidazole rings is 1. The summed E-state index contributed by atoms with van der Waals surface area (Å²) in [5, 5.41) is 6.53. The fraction of sp³-hybridized carbons (Fsp3) is 0. The average molecular weight is 107 g/mol. The van der Waals surface area contributed by atoms with Crippen LogP contribution in [-0.4, -0.2) is 15.8 Å². The molecule has 0 radical (unpaired) electrons. The molecule has 40 valence electrons. The maximum atomic E-state index is 6.53. The number of aromatic nitrogens is 2. The van der Waals surface area contributed by atoms with E-state index in [0.29, 0.717) is 0 Å². The van der Waals surface area contributed by atoms with Crippen molar-refractivity contribution < 1.29 is 0 Å². The van der Waals surface area contributed by atoms with Gasteiger partial charge in [-0.15, -0.1) is 0 Å². The third-order valence-electron chi connectivity index (χ3n) is 0.747. The lowest BCUT2D eigenvalue weighted by molar-refractivity contribution is 1.31. The van der Waals surface area contributed by atoms with Gasteiger partial charge in [0.05, 0.1) is 18.2 Å². The largest absolute Gasteiger partial charge is 0.345 e. The van der Waals surface area contributed by atoms with E-state index in [4.69, 9.17) is 5.41 Å². The van der Waals surface area contributed by atoms with Crippen molar-refractivity contribution in [3.05, 3.63) is 18.2 Å². The van der Waals surface area contributed by atoms with E-state index in [1.165, 1.54) is 6.08 Å². The van der Waals surface area contributed by atoms with Crippen molar-refractivity contribution in [1.29, 1.82) is 5.41 Å². The predicted octanol–water partition coefficient (Wildman–Crippen LogP) is 0.671. The fourth-order valence-electron chi connectivity index (χ4n) is 0.423. The minimum atomic E-state index is 0.806. The molecule has 1 aromatic heterocycles. The summed E-state index contributed by atoms with van der Waals surface area (Å²) < 4.78 is 0. The van der Waals surface area contributed by atoms with Gasteiger partial charge in [0.25, 0.3) is 0 Å². The van der Waals surface area contributed by atoms with Crippen LogP contribution in [0.4, 0.5) is 0 Å². The van der Waals surface area contributed by atoms with Gasteiger partial charge in [-0.1, -0.05) is 0 Å². The van der Waals surface area contributed by atoms with E-state index in [9.17, 15) is 0 Å². The highest BCUT2D eigenvalue weighted by molar-refractivity contribution is 5.73. The molecule has 0 saturated heterocycles. The lowest BCUT2D eigenvalue weighted by Crippen LogP contribution is -1.64. The molecule has 0 aliphatic carbocycles. The molecule has 2 N–H and O–H groups in total. The summed E-state index contributed by atoms with van der Waals surface area (Å²) in [7, 11) is 0. The summed E-state index contributed by atoms with van der Waals surface area (Å²) in [4.78, 5) is 6.52. The van der Waals surface area contributed by atoms with Gasteiger partial charge in [-0.3, -0.25) is 5.41 Å². The van der Waals surface area contributed by atoms with Crippen molar-refractivity contribution in [1.82, 2.24) is 9.97 Å². The van der Waals surface area contributed by atoms with Crippen LogP contribution in [0.15, 0.2) is 12.5 Å². The first-order valence-electron chi connectivity index (χ1n) is 2.17. The van der Waals surface area contributed by atoms with Crippen molar-refractivity contribution >= 4 is 11.9 Å². The molecule has 8 heavy (non-hydrogen) atoms.